The minimum absolute atomic E-state index is 0.115. The van der Waals surface area contributed by atoms with Gasteiger partial charge in [-0.15, -0.1) is 0 Å². The zero-order chi connectivity index (χ0) is 13.4. The van der Waals surface area contributed by atoms with Gasteiger partial charge in [-0.1, -0.05) is 18.9 Å². The molecular weight excluding hydrogens is 235 g/mol. The van der Waals surface area contributed by atoms with Crippen molar-refractivity contribution in [2.24, 2.45) is 0 Å². The number of aliphatic hydroxyl groups is 1. The van der Waals surface area contributed by atoms with Gasteiger partial charge in [0.15, 0.2) is 0 Å². The summed E-state index contributed by atoms with van der Waals surface area (Å²) in [6.07, 6.45) is 3.50. The Balaban J connectivity index is 2.35. The van der Waals surface area contributed by atoms with Gasteiger partial charge in [0.25, 0.3) is 5.91 Å². The van der Waals surface area contributed by atoms with Crippen LogP contribution in [-0.2, 0) is 0 Å². The van der Waals surface area contributed by atoms with Gasteiger partial charge in [-0.25, -0.2) is 4.39 Å². The summed E-state index contributed by atoms with van der Waals surface area (Å²) in [6, 6.07) is 4.18. The highest BCUT2D eigenvalue weighted by molar-refractivity contribution is 5.99. The number of unbranched alkanes of at least 4 members (excludes halogenated alkanes) is 3. The van der Waals surface area contributed by atoms with Crippen molar-refractivity contribution in [3.63, 3.8) is 0 Å². The van der Waals surface area contributed by atoms with Crippen molar-refractivity contribution < 1.29 is 14.3 Å². The molecule has 100 valence electrons. The largest absolute Gasteiger partial charge is 0.396 e. The van der Waals surface area contributed by atoms with Crippen molar-refractivity contribution in [1.29, 1.82) is 0 Å². The molecule has 1 rings (SSSR count). The third kappa shape index (κ3) is 4.33. The predicted octanol–water partition coefficient (Wildman–Crippen LogP) is 1.69. The van der Waals surface area contributed by atoms with E-state index >= 15 is 0 Å². The maximum absolute atomic E-state index is 13.1. The molecule has 0 aromatic heterocycles. The molecule has 0 saturated heterocycles. The first-order valence-corrected chi connectivity index (χ1v) is 6.10. The fourth-order valence-electron chi connectivity index (χ4n) is 1.62. The highest BCUT2D eigenvalue weighted by Gasteiger charge is 2.11. The number of carbonyl (C=O) groups excluding carboxylic acids is 1. The Labute approximate surface area is 106 Å². The van der Waals surface area contributed by atoms with E-state index in [0.717, 1.165) is 25.7 Å². The number of nitrogen functional groups attached to an aromatic ring is 1. The Bertz CT molecular complexity index is 397. The van der Waals surface area contributed by atoms with Crippen LogP contribution in [0.1, 0.15) is 36.0 Å². The Morgan fingerprint density at radius 1 is 1.28 bits per heavy atom. The van der Waals surface area contributed by atoms with E-state index in [1.165, 1.54) is 18.2 Å². The first-order chi connectivity index (χ1) is 8.66. The van der Waals surface area contributed by atoms with Gasteiger partial charge in [-0.05, 0) is 25.0 Å². The van der Waals surface area contributed by atoms with Crippen LogP contribution in [0.4, 0.5) is 10.1 Å². The molecule has 0 bridgehead atoms. The average Bonchev–Trinajstić information content (AvgIpc) is 2.36. The Kier molecular flexibility index (Phi) is 6.14. The zero-order valence-corrected chi connectivity index (χ0v) is 10.3. The molecule has 0 aliphatic carbocycles. The molecule has 1 aromatic carbocycles. The summed E-state index contributed by atoms with van der Waals surface area (Å²) < 4.78 is 13.1. The van der Waals surface area contributed by atoms with Crippen molar-refractivity contribution in [2.75, 3.05) is 18.9 Å². The van der Waals surface area contributed by atoms with Gasteiger partial charge >= 0.3 is 0 Å². The first-order valence-electron chi connectivity index (χ1n) is 6.10. The predicted molar refractivity (Wildman–Crippen MR) is 68.7 cm³/mol. The maximum atomic E-state index is 13.1. The summed E-state index contributed by atoms with van der Waals surface area (Å²) >= 11 is 0. The van der Waals surface area contributed by atoms with Crippen LogP contribution in [0.3, 0.4) is 0 Å². The monoisotopic (exact) mass is 254 g/mol. The Morgan fingerprint density at radius 2 is 2.00 bits per heavy atom. The van der Waals surface area contributed by atoms with Crippen LogP contribution in [-0.4, -0.2) is 24.2 Å². The summed E-state index contributed by atoms with van der Waals surface area (Å²) in [7, 11) is 0. The van der Waals surface area contributed by atoms with Crippen LogP contribution in [0.5, 0.6) is 0 Å². The summed E-state index contributed by atoms with van der Waals surface area (Å²) in [5.41, 5.74) is 5.55. The number of hydrogen-bond acceptors (Lipinski definition) is 3. The van der Waals surface area contributed by atoms with Gasteiger partial charge in [0.05, 0.1) is 11.3 Å². The van der Waals surface area contributed by atoms with Crippen molar-refractivity contribution in [2.45, 2.75) is 25.7 Å². The molecular formula is C13H19FN2O2. The lowest BCUT2D eigenvalue weighted by molar-refractivity contribution is 0.0953. The van der Waals surface area contributed by atoms with E-state index < -0.39 is 5.82 Å². The molecule has 18 heavy (non-hydrogen) atoms. The fraction of sp³-hybridized carbons (Fsp3) is 0.462. The molecule has 0 spiro atoms. The van der Waals surface area contributed by atoms with Gasteiger partial charge in [0.2, 0.25) is 0 Å². The number of rotatable bonds is 7. The number of aliphatic hydroxyl groups excluding tert-OH is 1. The quantitative estimate of drug-likeness (QED) is 0.512. The number of nitrogens with one attached hydrogen (secondary N) is 1. The third-order valence-electron chi connectivity index (χ3n) is 2.67. The van der Waals surface area contributed by atoms with Gasteiger partial charge in [-0.3, -0.25) is 4.79 Å². The van der Waals surface area contributed by atoms with Gasteiger partial charge in [0.1, 0.15) is 5.82 Å². The lowest BCUT2D eigenvalue weighted by atomic mass is 10.1. The van der Waals surface area contributed by atoms with Crippen LogP contribution < -0.4 is 11.1 Å². The van der Waals surface area contributed by atoms with E-state index in [1.54, 1.807) is 0 Å². The zero-order valence-electron chi connectivity index (χ0n) is 10.3. The summed E-state index contributed by atoms with van der Waals surface area (Å²) in [4.78, 5) is 11.7. The van der Waals surface area contributed by atoms with Gasteiger partial charge in [0, 0.05) is 13.2 Å². The highest BCUT2D eigenvalue weighted by Crippen LogP contribution is 2.15. The van der Waals surface area contributed by atoms with Crippen LogP contribution in [0.2, 0.25) is 0 Å². The third-order valence-corrected chi connectivity index (χ3v) is 2.67. The van der Waals surface area contributed by atoms with Crippen molar-refractivity contribution in [1.82, 2.24) is 5.32 Å². The Morgan fingerprint density at radius 3 is 2.72 bits per heavy atom. The number of anilines is 1. The van der Waals surface area contributed by atoms with E-state index in [-0.39, 0.29) is 23.8 Å². The molecule has 0 aliphatic heterocycles. The van der Waals surface area contributed by atoms with Crippen LogP contribution in [0, 0.1) is 5.82 Å². The number of nitrogens with two attached hydrogens (primary N) is 1. The van der Waals surface area contributed by atoms with Crippen LogP contribution in [0.25, 0.3) is 0 Å². The molecule has 0 atom stereocenters. The van der Waals surface area contributed by atoms with Gasteiger partial charge < -0.3 is 16.2 Å². The van der Waals surface area contributed by atoms with E-state index in [0.29, 0.717) is 6.54 Å². The average molecular weight is 254 g/mol. The summed E-state index contributed by atoms with van der Waals surface area (Å²) in [6.45, 7) is 0.729. The minimum Gasteiger partial charge on any atom is -0.396 e. The second-order valence-electron chi connectivity index (χ2n) is 4.09. The molecule has 4 N–H and O–H groups in total. The van der Waals surface area contributed by atoms with E-state index in [1.807, 2.05) is 0 Å². The second-order valence-corrected chi connectivity index (χ2v) is 4.09. The maximum Gasteiger partial charge on any atom is 0.253 e. The Hall–Kier alpha value is -1.62. The molecule has 1 aromatic rings. The SMILES string of the molecule is Nc1c(F)cccc1C(=O)NCCCCCCO. The summed E-state index contributed by atoms with van der Waals surface area (Å²) in [5.74, 6) is -0.931. The lowest BCUT2D eigenvalue weighted by Gasteiger charge is -2.07. The molecule has 0 aliphatic rings. The standard InChI is InChI=1S/C13H19FN2O2/c14-11-7-5-6-10(12(11)15)13(18)16-8-3-1-2-4-9-17/h5-7,17H,1-4,8-9,15H2,(H,16,18). The molecule has 0 heterocycles. The molecule has 4 nitrogen and oxygen atoms in total. The van der Waals surface area contributed by atoms with Crippen LogP contribution >= 0.6 is 0 Å². The van der Waals surface area contributed by atoms with E-state index in [2.05, 4.69) is 5.32 Å². The number of carbonyl (C=O) groups is 1. The van der Waals surface area contributed by atoms with Crippen molar-refractivity contribution in [3.05, 3.63) is 29.6 Å². The highest BCUT2D eigenvalue weighted by atomic mass is 19.1. The normalized spacial score (nSPS) is 10.3. The van der Waals surface area contributed by atoms with Crippen molar-refractivity contribution in [3.8, 4) is 0 Å². The van der Waals surface area contributed by atoms with Gasteiger partial charge in [-0.2, -0.15) is 0 Å². The number of para-hydroxylation sites is 1. The number of benzene rings is 1. The number of amides is 1. The van der Waals surface area contributed by atoms with Crippen LogP contribution in [0.15, 0.2) is 18.2 Å². The molecule has 0 saturated carbocycles. The van der Waals surface area contributed by atoms with Crippen molar-refractivity contribution >= 4 is 11.6 Å². The molecule has 0 unspecified atom stereocenters. The topological polar surface area (TPSA) is 75.4 Å². The lowest BCUT2D eigenvalue weighted by Crippen LogP contribution is -2.25. The van der Waals surface area contributed by atoms with E-state index in [9.17, 15) is 9.18 Å². The molecule has 1 amide bonds. The summed E-state index contributed by atoms with van der Waals surface area (Å²) in [5, 5.41) is 11.3. The molecule has 0 fully saturated rings. The molecule has 0 radical (unpaired) electrons. The van der Waals surface area contributed by atoms with E-state index in [4.69, 9.17) is 10.8 Å². The number of halogens is 1. The number of hydrogen-bond donors (Lipinski definition) is 3. The fourth-order valence-corrected chi connectivity index (χ4v) is 1.62. The smallest absolute Gasteiger partial charge is 0.253 e. The second kappa shape index (κ2) is 7.66. The first kappa shape index (κ1) is 14.4. The minimum atomic E-state index is -0.578. The molecule has 5 heteroatoms.